The van der Waals surface area contributed by atoms with Crippen LogP contribution >= 0.6 is 0 Å². The number of ketones is 1. The van der Waals surface area contributed by atoms with Crippen molar-refractivity contribution < 1.29 is 14.7 Å². The van der Waals surface area contributed by atoms with Crippen LogP contribution in [0.15, 0.2) is 12.7 Å². The van der Waals surface area contributed by atoms with Crippen molar-refractivity contribution >= 4 is 11.8 Å². The monoisotopic (exact) mass is 310 g/mol. The standard InChI is InChI=1S/C19H34O3/c1-3-5-6-7-8-9-10-11-12-13-14-15-16-17(19(21)22)18(20)4-2/h4,17H,2-3,5-16H2,1H3,(H,21,22). The van der Waals surface area contributed by atoms with E-state index in [2.05, 4.69) is 13.5 Å². The maximum Gasteiger partial charge on any atom is 0.314 e. The van der Waals surface area contributed by atoms with E-state index in [1.165, 1.54) is 57.8 Å². The summed E-state index contributed by atoms with van der Waals surface area (Å²) < 4.78 is 0. The number of carbonyl (C=O) groups is 2. The number of hydrogen-bond donors (Lipinski definition) is 1. The molecule has 0 rings (SSSR count). The number of aliphatic carboxylic acids is 1. The minimum Gasteiger partial charge on any atom is -0.481 e. The molecule has 1 atom stereocenters. The summed E-state index contributed by atoms with van der Waals surface area (Å²) in [5, 5.41) is 8.98. The van der Waals surface area contributed by atoms with Crippen molar-refractivity contribution in [3.05, 3.63) is 12.7 Å². The molecular weight excluding hydrogens is 276 g/mol. The van der Waals surface area contributed by atoms with Gasteiger partial charge in [0.15, 0.2) is 5.78 Å². The number of carboxylic acids is 1. The molecule has 1 N–H and O–H groups in total. The zero-order valence-electron chi connectivity index (χ0n) is 14.3. The highest BCUT2D eigenvalue weighted by atomic mass is 16.4. The zero-order valence-corrected chi connectivity index (χ0v) is 14.3. The van der Waals surface area contributed by atoms with Crippen molar-refractivity contribution in [3.8, 4) is 0 Å². The summed E-state index contributed by atoms with van der Waals surface area (Å²) >= 11 is 0. The van der Waals surface area contributed by atoms with Gasteiger partial charge in [-0.2, -0.15) is 0 Å². The van der Waals surface area contributed by atoms with E-state index in [9.17, 15) is 9.59 Å². The normalized spacial score (nSPS) is 12.0. The van der Waals surface area contributed by atoms with Gasteiger partial charge in [0, 0.05) is 0 Å². The highest BCUT2D eigenvalue weighted by Gasteiger charge is 2.22. The van der Waals surface area contributed by atoms with E-state index < -0.39 is 11.9 Å². The lowest BCUT2D eigenvalue weighted by molar-refractivity contribution is -0.145. The minimum absolute atomic E-state index is 0.365. The van der Waals surface area contributed by atoms with Gasteiger partial charge < -0.3 is 5.11 Å². The molecule has 1 unspecified atom stereocenters. The fourth-order valence-electron chi connectivity index (χ4n) is 2.72. The second-order valence-corrected chi connectivity index (χ2v) is 6.18. The molecule has 0 aliphatic heterocycles. The molecule has 0 bridgehead atoms. The molecule has 22 heavy (non-hydrogen) atoms. The van der Waals surface area contributed by atoms with Gasteiger partial charge in [-0.15, -0.1) is 0 Å². The summed E-state index contributed by atoms with van der Waals surface area (Å²) in [6.45, 7) is 5.60. The largest absolute Gasteiger partial charge is 0.481 e. The molecule has 0 radical (unpaired) electrons. The molecule has 0 amide bonds. The Kier molecular flexibility index (Phi) is 14.0. The molecular formula is C19H34O3. The molecule has 0 spiro atoms. The Morgan fingerprint density at radius 2 is 1.27 bits per heavy atom. The average Bonchev–Trinajstić information content (AvgIpc) is 2.51. The molecule has 128 valence electrons. The molecule has 3 heteroatoms. The lowest BCUT2D eigenvalue weighted by Gasteiger charge is -2.08. The van der Waals surface area contributed by atoms with E-state index >= 15 is 0 Å². The minimum atomic E-state index is -1.02. The van der Waals surface area contributed by atoms with Crippen LogP contribution in [0.5, 0.6) is 0 Å². The predicted molar refractivity (Wildman–Crippen MR) is 92.0 cm³/mol. The van der Waals surface area contributed by atoms with Crippen LogP contribution in [0.3, 0.4) is 0 Å². The summed E-state index contributed by atoms with van der Waals surface area (Å²) in [7, 11) is 0. The summed E-state index contributed by atoms with van der Waals surface area (Å²) in [5.74, 6) is -2.27. The molecule has 0 aromatic carbocycles. The zero-order chi connectivity index (χ0) is 16.6. The van der Waals surface area contributed by atoms with Crippen molar-refractivity contribution in [2.45, 2.75) is 90.4 Å². The van der Waals surface area contributed by atoms with Crippen molar-refractivity contribution in [2.24, 2.45) is 5.92 Å². The summed E-state index contributed by atoms with van der Waals surface area (Å²) in [5.41, 5.74) is 0. The second-order valence-electron chi connectivity index (χ2n) is 6.18. The molecule has 0 fully saturated rings. The highest BCUT2D eigenvalue weighted by Crippen LogP contribution is 2.15. The Labute approximate surface area is 136 Å². The Morgan fingerprint density at radius 1 is 0.864 bits per heavy atom. The first-order valence-corrected chi connectivity index (χ1v) is 9.02. The Balaban J connectivity index is 3.40. The number of unbranched alkanes of at least 4 members (excludes halogenated alkanes) is 11. The maximum atomic E-state index is 11.4. The van der Waals surface area contributed by atoms with Gasteiger partial charge in [0.2, 0.25) is 0 Å². The van der Waals surface area contributed by atoms with Gasteiger partial charge in [0.25, 0.3) is 0 Å². The summed E-state index contributed by atoms with van der Waals surface area (Å²) in [4.78, 5) is 22.4. The third-order valence-corrected chi connectivity index (χ3v) is 4.19. The first-order valence-electron chi connectivity index (χ1n) is 9.02. The van der Waals surface area contributed by atoms with Gasteiger partial charge >= 0.3 is 5.97 Å². The van der Waals surface area contributed by atoms with E-state index in [1.807, 2.05) is 0 Å². The van der Waals surface area contributed by atoms with Crippen LogP contribution in [0.1, 0.15) is 90.4 Å². The van der Waals surface area contributed by atoms with Gasteiger partial charge in [-0.1, -0.05) is 90.6 Å². The number of rotatable bonds is 16. The topological polar surface area (TPSA) is 54.4 Å². The van der Waals surface area contributed by atoms with Gasteiger partial charge in [-0.25, -0.2) is 0 Å². The first kappa shape index (κ1) is 20.9. The third-order valence-electron chi connectivity index (χ3n) is 4.19. The van der Waals surface area contributed by atoms with Crippen molar-refractivity contribution in [1.82, 2.24) is 0 Å². The summed E-state index contributed by atoms with van der Waals surface area (Å²) in [6.07, 6.45) is 16.5. The fourth-order valence-corrected chi connectivity index (χ4v) is 2.72. The van der Waals surface area contributed by atoms with E-state index in [0.29, 0.717) is 6.42 Å². The molecule has 0 saturated carbocycles. The smallest absolute Gasteiger partial charge is 0.314 e. The second kappa shape index (κ2) is 14.8. The maximum absolute atomic E-state index is 11.4. The molecule has 0 aromatic rings. The van der Waals surface area contributed by atoms with Gasteiger partial charge in [0.1, 0.15) is 5.92 Å². The van der Waals surface area contributed by atoms with E-state index in [4.69, 9.17) is 5.11 Å². The Hall–Kier alpha value is -1.12. The van der Waals surface area contributed by atoms with Crippen LogP contribution in [-0.4, -0.2) is 16.9 Å². The lowest BCUT2D eigenvalue weighted by Crippen LogP contribution is -2.21. The van der Waals surface area contributed by atoms with Crippen LogP contribution in [0.2, 0.25) is 0 Å². The van der Waals surface area contributed by atoms with Crippen molar-refractivity contribution in [2.75, 3.05) is 0 Å². The molecule has 0 aliphatic rings. The molecule has 0 heterocycles. The van der Waals surface area contributed by atoms with Crippen LogP contribution in [0.25, 0.3) is 0 Å². The predicted octanol–water partition coefficient (Wildman–Crippen LogP) is 5.53. The SMILES string of the molecule is C=CC(=O)C(CCCCCCCCCCCCCC)C(=O)O. The highest BCUT2D eigenvalue weighted by molar-refractivity contribution is 6.03. The molecule has 0 aliphatic carbocycles. The lowest BCUT2D eigenvalue weighted by atomic mass is 9.96. The molecule has 0 aromatic heterocycles. The number of hydrogen-bond acceptors (Lipinski definition) is 2. The fraction of sp³-hybridized carbons (Fsp3) is 0.789. The third kappa shape index (κ3) is 11.5. The molecule has 0 saturated heterocycles. The number of allylic oxidation sites excluding steroid dienone is 1. The summed E-state index contributed by atoms with van der Waals surface area (Å²) in [6, 6.07) is 0. The van der Waals surface area contributed by atoms with Crippen LogP contribution in [-0.2, 0) is 9.59 Å². The number of carboxylic acid groups (broad SMARTS) is 1. The molecule has 3 nitrogen and oxygen atoms in total. The number of carbonyl (C=O) groups excluding carboxylic acids is 1. The van der Waals surface area contributed by atoms with Crippen molar-refractivity contribution in [1.29, 1.82) is 0 Å². The van der Waals surface area contributed by atoms with E-state index in [1.54, 1.807) is 0 Å². The Bertz CT molecular complexity index is 310. The van der Waals surface area contributed by atoms with Gasteiger partial charge in [-0.05, 0) is 12.5 Å². The van der Waals surface area contributed by atoms with E-state index in [-0.39, 0.29) is 5.78 Å². The van der Waals surface area contributed by atoms with Crippen LogP contribution in [0.4, 0.5) is 0 Å². The average molecular weight is 310 g/mol. The van der Waals surface area contributed by atoms with Crippen LogP contribution < -0.4 is 0 Å². The van der Waals surface area contributed by atoms with E-state index in [0.717, 1.165) is 25.3 Å². The van der Waals surface area contributed by atoms with Crippen molar-refractivity contribution in [3.63, 3.8) is 0 Å². The van der Waals surface area contributed by atoms with Gasteiger partial charge in [0.05, 0.1) is 0 Å². The Morgan fingerprint density at radius 3 is 1.64 bits per heavy atom. The van der Waals surface area contributed by atoms with Crippen LogP contribution in [0, 0.1) is 5.92 Å². The quantitative estimate of drug-likeness (QED) is 0.231. The first-order chi connectivity index (χ1) is 10.6. The van der Waals surface area contributed by atoms with Gasteiger partial charge in [-0.3, -0.25) is 9.59 Å².